The normalized spacial score (nSPS) is 13.6. The molecule has 2 aromatic rings. The van der Waals surface area contributed by atoms with E-state index in [9.17, 15) is 14.4 Å². The second-order valence-electron chi connectivity index (χ2n) is 6.70. The summed E-state index contributed by atoms with van der Waals surface area (Å²) in [5.74, 6) is -0.678. The SMILES string of the molecule is CC(C)(C)N1C(=O)c2ccc(NC(=O)Nc3cccnc3)cc2C1=O. The summed E-state index contributed by atoms with van der Waals surface area (Å²) in [5, 5.41) is 5.29. The number of amides is 4. The molecule has 0 saturated heterocycles. The van der Waals surface area contributed by atoms with Gasteiger partial charge in [-0.25, -0.2) is 4.79 Å². The molecule has 3 rings (SSSR count). The molecular weight excluding hydrogens is 320 g/mol. The molecule has 0 spiro atoms. The molecule has 0 aliphatic carbocycles. The minimum Gasteiger partial charge on any atom is -0.308 e. The quantitative estimate of drug-likeness (QED) is 0.823. The zero-order chi connectivity index (χ0) is 18.2. The van der Waals surface area contributed by atoms with E-state index in [1.54, 1.807) is 51.2 Å². The van der Waals surface area contributed by atoms with Crippen LogP contribution in [0.25, 0.3) is 0 Å². The predicted octanol–water partition coefficient (Wildman–Crippen LogP) is 3.12. The van der Waals surface area contributed by atoms with E-state index >= 15 is 0 Å². The molecule has 0 fully saturated rings. The smallest absolute Gasteiger partial charge is 0.308 e. The van der Waals surface area contributed by atoms with Gasteiger partial charge in [-0.15, -0.1) is 0 Å². The van der Waals surface area contributed by atoms with Gasteiger partial charge in [0.1, 0.15) is 0 Å². The lowest BCUT2D eigenvalue weighted by molar-refractivity contribution is 0.0507. The van der Waals surface area contributed by atoms with Gasteiger partial charge in [-0.1, -0.05) is 0 Å². The zero-order valence-corrected chi connectivity index (χ0v) is 14.2. The number of hydrogen-bond donors (Lipinski definition) is 2. The maximum absolute atomic E-state index is 12.6. The molecule has 0 atom stereocenters. The standard InChI is InChI=1S/C18H18N4O3/c1-18(2,3)22-15(23)13-7-6-11(9-14(13)16(22)24)20-17(25)21-12-5-4-8-19-10-12/h4-10H,1-3H3,(H2,20,21,25). The molecule has 2 heterocycles. The molecule has 7 nitrogen and oxygen atoms in total. The Hall–Kier alpha value is -3.22. The Kier molecular flexibility index (Phi) is 4.00. The van der Waals surface area contributed by atoms with Crippen LogP contribution in [0.1, 0.15) is 41.5 Å². The van der Waals surface area contributed by atoms with Crippen LogP contribution >= 0.6 is 0 Å². The highest BCUT2D eigenvalue weighted by Gasteiger charge is 2.41. The van der Waals surface area contributed by atoms with E-state index in [1.807, 2.05) is 0 Å². The van der Waals surface area contributed by atoms with Crippen LogP contribution in [0.2, 0.25) is 0 Å². The third-order valence-electron chi connectivity index (χ3n) is 3.73. The summed E-state index contributed by atoms with van der Waals surface area (Å²) < 4.78 is 0. The summed E-state index contributed by atoms with van der Waals surface area (Å²) in [5.41, 5.74) is 0.999. The fourth-order valence-corrected chi connectivity index (χ4v) is 2.66. The number of carbonyl (C=O) groups is 3. The molecule has 1 aliphatic rings. The summed E-state index contributed by atoms with van der Waals surface area (Å²) in [7, 11) is 0. The first-order valence-electron chi connectivity index (χ1n) is 7.78. The number of nitrogens with one attached hydrogen (secondary N) is 2. The van der Waals surface area contributed by atoms with Crippen molar-refractivity contribution in [3.8, 4) is 0 Å². The van der Waals surface area contributed by atoms with Crippen LogP contribution in [0.5, 0.6) is 0 Å². The second-order valence-corrected chi connectivity index (χ2v) is 6.70. The number of benzene rings is 1. The van der Waals surface area contributed by atoms with Crippen LogP contribution in [0.4, 0.5) is 16.2 Å². The number of anilines is 2. The Morgan fingerprint density at radius 1 is 1.00 bits per heavy atom. The molecule has 1 aliphatic heterocycles. The number of imide groups is 1. The number of rotatable bonds is 2. The van der Waals surface area contributed by atoms with Gasteiger partial charge in [0.05, 0.1) is 23.0 Å². The molecule has 1 aromatic heterocycles. The summed E-state index contributed by atoms with van der Waals surface area (Å²) in [6.45, 7) is 5.40. The number of aromatic nitrogens is 1. The first-order valence-corrected chi connectivity index (χ1v) is 7.78. The number of carbonyl (C=O) groups excluding carboxylic acids is 3. The largest absolute Gasteiger partial charge is 0.323 e. The number of hydrogen-bond acceptors (Lipinski definition) is 4. The minimum absolute atomic E-state index is 0.291. The number of urea groups is 1. The van der Waals surface area contributed by atoms with Crippen LogP contribution in [0.3, 0.4) is 0 Å². The van der Waals surface area contributed by atoms with Gasteiger partial charge in [0.15, 0.2) is 0 Å². The monoisotopic (exact) mass is 338 g/mol. The average Bonchev–Trinajstić information content (AvgIpc) is 2.79. The van der Waals surface area contributed by atoms with Gasteiger partial charge in [-0.3, -0.25) is 19.5 Å². The lowest BCUT2D eigenvalue weighted by Crippen LogP contribution is -2.45. The zero-order valence-electron chi connectivity index (χ0n) is 14.2. The third-order valence-corrected chi connectivity index (χ3v) is 3.73. The van der Waals surface area contributed by atoms with Crippen molar-refractivity contribution >= 4 is 29.2 Å². The van der Waals surface area contributed by atoms with Crippen LogP contribution < -0.4 is 10.6 Å². The van der Waals surface area contributed by atoms with E-state index in [-0.39, 0.29) is 11.8 Å². The maximum Gasteiger partial charge on any atom is 0.323 e. The van der Waals surface area contributed by atoms with E-state index < -0.39 is 11.6 Å². The Bertz CT molecular complexity index is 856. The summed E-state index contributed by atoms with van der Waals surface area (Å²) >= 11 is 0. The Labute approximate surface area is 145 Å². The Balaban J connectivity index is 1.79. The van der Waals surface area contributed by atoms with E-state index in [1.165, 1.54) is 17.2 Å². The van der Waals surface area contributed by atoms with E-state index in [2.05, 4.69) is 15.6 Å². The van der Waals surface area contributed by atoms with E-state index in [0.29, 0.717) is 22.5 Å². The van der Waals surface area contributed by atoms with Crippen molar-refractivity contribution in [2.24, 2.45) is 0 Å². The van der Waals surface area contributed by atoms with Gasteiger partial charge in [0, 0.05) is 17.4 Å². The van der Waals surface area contributed by atoms with Crippen LogP contribution in [-0.2, 0) is 0 Å². The molecule has 1 aromatic carbocycles. The third kappa shape index (κ3) is 3.21. The molecular formula is C18H18N4O3. The van der Waals surface area contributed by atoms with E-state index in [0.717, 1.165) is 0 Å². The summed E-state index contributed by atoms with van der Waals surface area (Å²) in [4.78, 5) is 42.2. The fraction of sp³-hybridized carbons (Fsp3) is 0.222. The van der Waals surface area contributed by atoms with Crippen molar-refractivity contribution < 1.29 is 14.4 Å². The summed E-state index contributed by atoms with van der Waals surface area (Å²) in [6, 6.07) is 7.62. The highest BCUT2D eigenvalue weighted by molar-refractivity contribution is 6.22. The second kappa shape index (κ2) is 6.01. The highest BCUT2D eigenvalue weighted by Crippen LogP contribution is 2.30. The lowest BCUT2D eigenvalue weighted by Gasteiger charge is -2.29. The molecule has 0 radical (unpaired) electrons. The molecule has 128 valence electrons. The molecule has 0 bridgehead atoms. The molecule has 4 amide bonds. The van der Waals surface area contributed by atoms with Crippen LogP contribution in [0, 0.1) is 0 Å². The van der Waals surface area contributed by atoms with Crippen molar-refractivity contribution in [1.82, 2.24) is 9.88 Å². The average molecular weight is 338 g/mol. The Morgan fingerprint density at radius 3 is 2.32 bits per heavy atom. The summed E-state index contributed by atoms with van der Waals surface area (Å²) in [6.07, 6.45) is 3.12. The van der Waals surface area contributed by atoms with Crippen LogP contribution in [-0.4, -0.2) is 33.3 Å². The van der Waals surface area contributed by atoms with Gasteiger partial charge >= 0.3 is 6.03 Å². The number of fused-ring (bicyclic) bond motifs is 1. The first-order chi connectivity index (χ1) is 11.8. The Morgan fingerprint density at radius 2 is 1.68 bits per heavy atom. The van der Waals surface area contributed by atoms with Gasteiger partial charge in [-0.05, 0) is 51.1 Å². The maximum atomic E-state index is 12.6. The number of nitrogens with zero attached hydrogens (tertiary/aromatic N) is 2. The first kappa shape index (κ1) is 16.6. The van der Waals surface area contributed by atoms with Gasteiger partial charge in [-0.2, -0.15) is 0 Å². The minimum atomic E-state index is -0.613. The number of pyridine rings is 1. The van der Waals surface area contributed by atoms with Crippen molar-refractivity contribution in [3.63, 3.8) is 0 Å². The van der Waals surface area contributed by atoms with Crippen molar-refractivity contribution in [2.45, 2.75) is 26.3 Å². The van der Waals surface area contributed by atoms with Crippen LogP contribution in [0.15, 0.2) is 42.7 Å². The van der Waals surface area contributed by atoms with Gasteiger partial charge < -0.3 is 10.6 Å². The predicted molar refractivity (Wildman–Crippen MR) is 93.6 cm³/mol. The molecule has 7 heteroatoms. The molecule has 0 saturated carbocycles. The van der Waals surface area contributed by atoms with Gasteiger partial charge in [0.25, 0.3) is 11.8 Å². The lowest BCUT2D eigenvalue weighted by atomic mass is 10.1. The topological polar surface area (TPSA) is 91.4 Å². The van der Waals surface area contributed by atoms with Crippen molar-refractivity contribution in [3.05, 3.63) is 53.9 Å². The molecule has 2 N–H and O–H groups in total. The van der Waals surface area contributed by atoms with Gasteiger partial charge in [0.2, 0.25) is 0 Å². The molecule has 0 unspecified atom stereocenters. The van der Waals surface area contributed by atoms with E-state index in [4.69, 9.17) is 0 Å². The molecule has 25 heavy (non-hydrogen) atoms. The van der Waals surface area contributed by atoms with Crippen molar-refractivity contribution in [2.75, 3.05) is 10.6 Å². The van der Waals surface area contributed by atoms with Crippen molar-refractivity contribution in [1.29, 1.82) is 0 Å². The highest BCUT2D eigenvalue weighted by atomic mass is 16.2. The fourth-order valence-electron chi connectivity index (χ4n) is 2.66.